The molecule has 0 aliphatic rings. The Hall–Kier alpha value is -0.900. The quantitative estimate of drug-likeness (QED) is 0.622. The first-order valence-electron chi connectivity index (χ1n) is 5.64. The minimum atomic E-state index is -0.982. The second-order valence-electron chi connectivity index (χ2n) is 3.83. The minimum Gasteiger partial charge on any atom is -0.480 e. The van der Waals surface area contributed by atoms with E-state index in [2.05, 4.69) is 0 Å². The lowest BCUT2D eigenvalue weighted by Gasteiger charge is -2.16. The topological polar surface area (TPSA) is 46.5 Å². The van der Waals surface area contributed by atoms with E-state index in [1.54, 1.807) is 0 Å². The van der Waals surface area contributed by atoms with Crippen LogP contribution in [-0.4, -0.2) is 30.0 Å². The van der Waals surface area contributed by atoms with Crippen LogP contribution >= 0.6 is 0 Å². The van der Waals surface area contributed by atoms with Crippen LogP contribution in [0.2, 0.25) is 0 Å². The van der Waals surface area contributed by atoms with Crippen molar-refractivity contribution in [2.75, 3.05) is 6.61 Å². The number of carbonyl (C=O) groups is 1. The van der Waals surface area contributed by atoms with Crippen LogP contribution in [0.5, 0.6) is 0 Å². The highest BCUT2D eigenvalue weighted by atomic mass is 19.1. The number of allylic oxidation sites excluding steroid dienone is 2. The van der Waals surface area contributed by atoms with E-state index in [0.717, 1.165) is 12.8 Å². The van der Waals surface area contributed by atoms with Crippen molar-refractivity contribution >= 4 is 5.97 Å². The Balaban J connectivity index is 3.89. The highest BCUT2D eigenvalue weighted by Gasteiger charge is 2.12. The van der Waals surface area contributed by atoms with Gasteiger partial charge in [0, 0.05) is 0 Å². The van der Waals surface area contributed by atoms with E-state index < -0.39 is 12.1 Å². The van der Waals surface area contributed by atoms with Gasteiger partial charge in [0.2, 0.25) is 0 Å². The van der Waals surface area contributed by atoms with Crippen molar-refractivity contribution in [3.63, 3.8) is 0 Å². The third-order valence-electron chi connectivity index (χ3n) is 2.22. The Bertz CT molecular complexity index is 214. The van der Waals surface area contributed by atoms with Gasteiger partial charge in [-0.1, -0.05) is 12.2 Å². The Labute approximate surface area is 96.3 Å². The van der Waals surface area contributed by atoms with Gasteiger partial charge in [-0.3, -0.25) is 0 Å². The molecule has 0 saturated heterocycles. The van der Waals surface area contributed by atoms with Crippen molar-refractivity contribution in [2.24, 2.45) is 0 Å². The number of rotatable bonds is 9. The fourth-order valence-electron chi connectivity index (χ4n) is 1.36. The largest absolute Gasteiger partial charge is 0.480 e. The summed E-state index contributed by atoms with van der Waals surface area (Å²) in [7, 11) is 0. The Morgan fingerprint density at radius 2 is 2.12 bits per heavy atom. The summed E-state index contributed by atoms with van der Waals surface area (Å²) in [6, 6.07) is 0. The highest BCUT2D eigenvalue weighted by Crippen LogP contribution is 2.13. The molecule has 0 fully saturated rings. The van der Waals surface area contributed by atoms with E-state index in [1.165, 1.54) is 6.92 Å². The van der Waals surface area contributed by atoms with Crippen LogP contribution in [0.25, 0.3) is 0 Å². The van der Waals surface area contributed by atoms with Crippen LogP contribution in [0.4, 0.5) is 4.39 Å². The summed E-state index contributed by atoms with van der Waals surface area (Å²) < 4.78 is 17.9. The Kier molecular flexibility index (Phi) is 8.81. The van der Waals surface area contributed by atoms with E-state index in [9.17, 15) is 9.18 Å². The molecule has 0 aromatic rings. The summed E-state index contributed by atoms with van der Waals surface area (Å²) in [5.74, 6) is -0.982. The van der Waals surface area contributed by atoms with Crippen molar-refractivity contribution in [1.29, 1.82) is 0 Å². The van der Waals surface area contributed by atoms with Gasteiger partial charge >= 0.3 is 5.97 Å². The average Bonchev–Trinajstić information content (AvgIpc) is 2.21. The van der Waals surface area contributed by atoms with E-state index in [1.807, 2.05) is 19.1 Å². The Morgan fingerprint density at radius 3 is 2.62 bits per heavy atom. The number of hydrogen-bond acceptors (Lipinski definition) is 2. The lowest BCUT2D eigenvalue weighted by atomic mass is 10.1. The summed E-state index contributed by atoms with van der Waals surface area (Å²) in [6.45, 7) is 3.12. The first kappa shape index (κ1) is 15.1. The molecule has 0 amide bonds. The van der Waals surface area contributed by atoms with Crippen LogP contribution < -0.4 is 0 Å². The molecule has 3 nitrogen and oxygen atoms in total. The van der Waals surface area contributed by atoms with Crippen molar-refractivity contribution in [2.45, 2.75) is 51.8 Å². The van der Waals surface area contributed by atoms with E-state index >= 15 is 0 Å². The summed E-state index contributed by atoms with van der Waals surface area (Å²) in [4.78, 5) is 10.4. The van der Waals surface area contributed by atoms with Gasteiger partial charge in [-0.2, -0.15) is 0 Å². The fourth-order valence-corrected chi connectivity index (χ4v) is 1.36. The van der Waals surface area contributed by atoms with Crippen LogP contribution in [0.1, 0.15) is 39.5 Å². The zero-order valence-corrected chi connectivity index (χ0v) is 9.99. The van der Waals surface area contributed by atoms with E-state index in [0.29, 0.717) is 12.8 Å². The van der Waals surface area contributed by atoms with Crippen LogP contribution in [0, 0.1) is 0 Å². The number of hydrogen-bond donors (Lipinski definition) is 1. The van der Waals surface area contributed by atoms with Gasteiger partial charge in [-0.25, -0.2) is 9.18 Å². The molecule has 0 heterocycles. The van der Waals surface area contributed by atoms with Crippen LogP contribution in [0.15, 0.2) is 12.2 Å². The third-order valence-corrected chi connectivity index (χ3v) is 2.22. The molecule has 0 rings (SSSR count). The van der Waals surface area contributed by atoms with Crippen molar-refractivity contribution < 1.29 is 19.0 Å². The van der Waals surface area contributed by atoms with Crippen molar-refractivity contribution in [3.8, 4) is 0 Å². The van der Waals surface area contributed by atoms with Gasteiger partial charge in [0.15, 0.2) is 0 Å². The molecule has 4 heteroatoms. The van der Waals surface area contributed by atoms with Gasteiger partial charge < -0.3 is 9.84 Å². The smallest absolute Gasteiger partial charge is 0.329 e. The number of halogens is 1. The summed E-state index contributed by atoms with van der Waals surface area (Å²) >= 11 is 0. The lowest BCUT2D eigenvalue weighted by Crippen LogP contribution is -2.19. The normalized spacial score (nSPS) is 15.2. The van der Waals surface area contributed by atoms with Crippen LogP contribution in [0.3, 0.4) is 0 Å². The molecule has 94 valence electrons. The molecule has 0 aromatic carbocycles. The predicted octanol–water partition coefficient (Wildman–Crippen LogP) is 2.95. The standard InChI is InChI=1S/C12H21FO3/c1-3-4-5-6-11(8-7-10(2)13)16-9-12(14)15/h3-4,10-11H,5-9H2,1-2H3,(H,14,15). The molecular weight excluding hydrogens is 211 g/mol. The average molecular weight is 232 g/mol. The molecule has 0 aliphatic carbocycles. The Morgan fingerprint density at radius 1 is 1.44 bits per heavy atom. The third kappa shape index (κ3) is 9.65. The number of ether oxygens (including phenoxy) is 1. The monoisotopic (exact) mass is 232 g/mol. The molecule has 0 aromatic heterocycles. The zero-order valence-electron chi connectivity index (χ0n) is 9.99. The van der Waals surface area contributed by atoms with Crippen molar-refractivity contribution in [1.82, 2.24) is 0 Å². The van der Waals surface area contributed by atoms with E-state index in [4.69, 9.17) is 9.84 Å². The second kappa shape index (κ2) is 9.33. The second-order valence-corrected chi connectivity index (χ2v) is 3.83. The molecule has 0 saturated carbocycles. The molecule has 2 atom stereocenters. The maximum absolute atomic E-state index is 12.7. The van der Waals surface area contributed by atoms with Gasteiger partial charge in [-0.05, 0) is 39.5 Å². The maximum Gasteiger partial charge on any atom is 0.329 e. The molecule has 0 bridgehead atoms. The molecule has 1 N–H and O–H groups in total. The first-order chi connectivity index (χ1) is 7.56. The lowest BCUT2D eigenvalue weighted by molar-refractivity contribution is -0.144. The maximum atomic E-state index is 12.7. The van der Waals surface area contributed by atoms with Gasteiger partial charge in [0.25, 0.3) is 0 Å². The first-order valence-corrected chi connectivity index (χ1v) is 5.64. The molecular formula is C12H21FO3. The summed E-state index contributed by atoms with van der Waals surface area (Å²) in [5, 5.41) is 8.50. The zero-order chi connectivity index (χ0) is 12.4. The highest BCUT2D eigenvalue weighted by molar-refractivity contribution is 5.68. The van der Waals surface area contributed by atoms with Gasteiger partial charge in [0.05, 0.1) is 12.3 Å². The predicted molar refractivity (Wildman–Crippen MR) is 61.2 cm³/mol. The van der Waals surface area contributed by atoms with Gasteiger partial charge in [-0.15, -0.1) is 0 Å². The molecule has 16 heavy (non-hydrogen) atoms. The molecule has 2 unspecified atom stereocenters. The number of aliphatic carboxylic acids is 1. The summed E-state index contributed by atoms with van der Waals surface area (Å²) in [5.41, 5.74) is 0. The van der Waals surface area contributed by atoms with Crippen molar-refractivity contribution in [3.05, 3.63) is 12.2 Å². The van der Waals surface area contributed by atoms with Gasteiger partial charge in [0.1, 0.15) is 6.61 Å². The number of carboxylic acid groups (broad SMARTS) is 1. The molecule has 0 radical (unpaired) electrons. The molecule has 0 aliphatic heterocycles. The SMILES string of the molecule is CC=CCCC(CCC(C)F)OCC(=O)O. The summed E-state index contributed by atoms with van der Waals surface area (Å²) in [6.07, 6.45) is 5.47. The number of alkyl halides is 1. The van der Waals surface area contributed by atoms with Crippen LogP contribution in [-0.2, 0) is 9.53 Å². The minimum absolute atomic E-state index is 0.162. The number of carboxylic acids is 1. The van der Waals surface area contributed by atoms with E-state index in [-0.39, 0.29) is 12.7 Å². The molecule has 0 spiro atoms. The fraction of sp³-hybridized carbons (Fsp3) is 0.750.